The van der Waals surface area contributed by atoms with Crippen molar-refractivity contribution in [1.29, 1.82) is 0 Å². The van der Waals surface area contributed by atoms with Crippen LogP contribution in [0.5, 0.6) is 0 Å². The fourth-order valence-electron chi connectivity index (χ4n) is 2.09. The molecule has 0 aromatic heterocycles. The molecule has 4 nitrogen and oxygen atoms in total. The number of anilines is 3. The number of para-hydroxylation sites is 3. The molecule has 0 unspecified atom stereocenters. The van der Waals surface area contributed by atoms with E-state index in [2.05, 4.69) is 15.6 Å². The number of hydrogen-bond acceptors (Lipinski definition) is 3. The van der Waals surface area contributed by atoms with Gasteiger partial charge in [-0.15, -0.1) is 0 Å². The maximum Gasteiger partial charge on any atom is 0.141 e. The standard InChI is InChI=1S/C15H13N3O/c19-10-9-16-15-11-5-1-2-6-12(11)17-13-7-3-4-8-14(13)18-15/h1-8,10,17H,9H2,(H,16,18). The number of fused-ring (bicyclic) bond motifs is 2. The number of aldehydes is 1. The van der Waals surface area contributed by atoms with Gasteiger partial charge in [-0.05, 0) is 24.3 Å². The number of benzene rings is 2. The zero-order valence-corrected chi connectivity index (χ0v) is 10.3. The first kappa shape index (κ1) is 11.5. The number of nitrogens with zero attached hydrogens (tertiary/aromatic N) is 1. The van der Waals surface area contributed by atoms with Gasteiger partial charge in [0.05, 0.1) is 17.9 Å². The smallest absolute Gasteiger partial charge is 0.141 e. The summed E-state index contributed by atoms with van der Waals surface area (Å²) < 4.78 is 0. The van der Waals surface area contributed by atoms with Gasteiger partial charge in [-0.1, -0.05) is 24.3 Å². The number of carbonyl (C=O) groups excluding carboxylic acids is 1. The molecular formula is C15H13N3O. The molecule has 1 heterocycles. The molecule has 1 aliphatic heterocycles. The predicted molar refractivity (Wildman–Crippen MR) is 77.3 cm³/mol. The first-order valence-corrected chi connectivity index (χ1v) is 6.09. The third-order valence-electron chi connectivity index (χ3n) is 2.96. The topological polar surface area (TPSA) is 53.5 Å². The van der Waals surface area contributed by atoms with E-state index in [-0.39, 0.29) is 6.54 Å². The molecule has 1 aliphatic rings. The van der Waals surface area contributed by atoms with Crippen LogP contribution in [0.25, 0.3) is 0 Å². The van der Waals surface area contributed by atoms with Crippen molar-refractivity contribution < 1.29 is 4.79 Å². The lowest BCUT2D eigenvalue weighted by Crippen LogP contribution is -2.13. The van der Waals surface area contributed by atoms with E-state index in [0.717, 1.165) is 28.9 Å². The molecule has 19 heavy (non-hydrogen) atoms. The molecular weight excluding hydrogens is 238 g/mol. The van der Waals surface area contributed by atoms with Crippen LogP contribution >= 0.6 is 0 Å². The predicted octanol–water partition coefficient (Wildman–Crippen LogP) is 2.80. The number of nitrogens with one attached hydrogen (secondary N) is 2. The number of rotatable bonds is 2. The van der Waals surface area contributed by atoms with Gasteiger partial charge in [-0.3, -0.25) is 4.99 Å². The van der Waals surface area contributed by atoms with Crippen LogP contribution in [0.15, 0.2) is 53.5 Å². The summed E-state index contributed by atoms with van der Waals surface area (Å²) in [7, 11) is 0. The highest BCUT2D eigenvalue weighted by Crippen LogP contribution is 2.31. The lowest BCUT2D eigenvalue weighted by Gasteiger charge is -2.08. The van der Waals surface area contributed by atoms with Crippen LogP contribution in [0.2, 0.25) is 0 Å². The van der Waals surface area contributed by atoms with E-state index >= 15 is 0 Å². The van der Waals surface area contributed by atoms with E-state index in [0.29, 0.717) is 5.84 Å². The third kappa shape index (κ3) is 2.20. The zero-order valence-electron chi connectivity index (χ0n) is 10.3. The summed E-state index contributed by atoms with van der Waals surface area (Å²) in [5.74, 6) is 0.708. The van der Waals surface area contributed by atoms with Crippen molar-refractivity contribution in [2.75, 3.05) is 17.2 Å². The van der Waals surface area contributed by atoms with Crippen molar-refractivity contribution in [3.8, 4) is 0 Å². The summed E-state index contributed by atoms with van der Waals surface area (Å²) in [6, 6.07) is 15.8. The molecule has 0 saturated carbocycles. The van der Waals surface area contributed by atoms with Gasteiger partial charge < -0.3 is 15.4 Å². The van der Waals surface area contributed by atoms with E-state index in [9.17, 15) is 4.79 Å². The van der Waals surface area contributed by atoms with Gasteiger partial charge in [0.1, 0.15) is 12.1 Å². The molecule has 2 aromatic rings. The van der Waals surface area contributed by atoms with E-state index in [1.165, 1.54) is 0 Å². The van der Waals surface area contributed by atoms with E-state index in [1.807, 2.05) is 48.5 Å². The first-order chi connectivity index (χ1) is 9.38. The van der Waals surface area contributed by atoms with Gasteiger partial charge in [-0.2, -0.15) is 0 Å². The van der Waals surface area contributed by atoms with Crippen molar-refractivity contribution in [3.63, 3.8) is 0 Å². The lowest BCUT2D eigenvalue weighted by atomic mass is 10.1. The van der Waals surface area contributed by atoms with Gasteiger partial charge >= 0.3 is 0 Å². The van der Waals surface area contributed by atoms with Crippen molar-refractivity contribution in [2.45, 2.75) is 0 Å². The monoisotopic (exact) mass is 251 g/mol. The van der Waals surface area contributed by atoms with Crippen LogP contribution < -0.4 is 10.6 Å². The van der Waals surface area contributed by atoms with Gasteiger partial charge in [0.2, 0.25) is 0 Å². The molecule has 0 bridgehead atoms. The normalized spacial score (nSPS) is 14.6. The second kappa shape index (κ2) is 4.94. The van der Waals surface area contributed by atoms with Crippen LogP contribution in [0.4, 0.5) is 17.1 Å². The summed E-state index contributed by atoms with van der Waals surface area (Å²) in [4.78, 5) is 14.8. The minimum Gasteiger partial charge on any atom is -0.353 e. The molecule has 0 radical (unpaired) electrons. The maximum atomic E-state index is 10.5. The lowest BCUT2D eigenvalue weighted by molar-refractivity contribution is -0.106. The van der Waals surface area contributed by atoms with Crippen molar-refractivity contribution in [3.05, 3.63) is 54.1 Å². The fourth-order valence-corrected chi connectivity index (χ4v) is 2.09. The number of hydrogen-bond donors (Lipinski definition) is 2. The molecule has 2 N–H and O–H groups in total. The largest absolute Gasteiger partial charge is 0.353 e. The van der Waals surface area contributed by atoms with E-state index in [1.54, 1.807) is 0 Å². The fraction of sp³-hybridized carbons (Fsp3) is 0.0667. The van der Waals surface area contributed by atoms with E-state index < -0.39 is 0 Å². The Bertz CT molecular complexity index is 649. The molecule has 0 amide bonds. The van der Waals surface area contributed by atoms with Crippen LogP contribution in [0, 0.1) is 0 Å². The van der Waals surface area contributed by atoms with Gasteiger partial charge in [0.15, 0.2) is 0 Å². The Morgan fingerprint density at radius 2 is 1.53 bits per heavy atom. The average Bonchev–Trinajstić information content (AvgIpc) is 2.61. The summed E-state index contributed by atoms with van der Waals surface area (Å²) in [5, 5.41) is 6.66. The minimum atomic E-state index is 0.152. The third-order valence-corrected chi connectivity index (χ3v) is 2.96. The summed E-state index contributed by atoms with van der Waals surface area (Å²) in [6.07, 6.45) is 0.793. The Balaban J connectivity index is 2.14. The SMILES string of the molecule is O=CCN=C1Nc2ccccc2Nc2ccccc21. The molecule has 3 rings (SSSR count). The second-order valence-electron chi connectivity index (χ2n) is 4.20. The van der Waals surface area contributed by atoms with Crippen LogP contribution in [0.1, 0.15) is 5.56 Å². The zero-order chi connectivity index (χ0) is 13.1. The average molecular weight is 251 g/mol. The van der Waals surface area contributed by atoms with Gasteiger partial charge in [0, 0.05) is 11.3 Å². The van der Waals surface area contributed by atoms with Crippen molar-refractivity contribution >= 4 is 29.2 Å². The molecule has 94 valence electrons. The molecule has 0 aliphatic carbocycles. The Morgan fingerprint density at radius 1 is 0.895 bits per heavy atom. The summed E-state index contributed by atoms with van der Waals surface area (Å²) in [5.41, 5.74) is 3.87. The summed E-state index contributed by atoms with van der Waals surface area (Å²) >= 11 is 0. The Morgan fingerprint density at radius 3 is 2.26 bits per heavy atom. The summed E-state index contributed by atoms with van der Waals surface area (Å²) in [6.45, 7) is 0.152. The van der Waals surface area contributed by atoms with Crippen molar-refractivity contribution in [2.24, 2.45) is 4.99 Å². The van der Waals surface area contributed by atoms with Gasteiger partial charge in [0.25, 0.3) is 0 Å². The number of amidine groups is 1. The Kier molecular flexibility index (Phi) is 2.98. The molecule has 0 atom stereocenters. The molecule has 4 heteroatoms. The van der Waals surface area contributed by atoms with Crippen LogP contribution in [-0.2, 0) is 4.79 Å². The second-order valence-corrected chi connectivity index (χ2v) is 4.20. The van der Waals surface area contributed by atoms with Gasteiger partial charge in [-0.25, -0.2) is 0 Å². The van der Waals surface area contributed by atoms with Crippen LogP contribution in [0.3, 0.4) is 0 Å². The molecule has 0 spiro atoms. The highest BCUT2D eigenvalue weighted by Gasteiger charge is 2.16. The highest BCUT2D eigenvalue weighted by molar-refractivity contribution is 6.15. The number of carbonyl (C=O) groups is 1. The first-order valence-electron chi connectivity index (χ1n) is 6.09. The Labute approximate surface area is 111 Å². The quantitative estimate of drug-likeness (QED) is 0.807. The Hall–Kier alpha value is -2.62. The van der Waals surface area contributed by atoms with E-state index in [4.69, 9.17) is 0 Å². The highest BCUT2D eigenvalue weighted by atomic mass is 16.1. The van der Waals surface area contributed by atoms with Crippen LogP contribution in [-0.4, -0.2) is 18.7 Å². The number of aliphatic imine (C=N–C) groups is 1. The maximum absolute atomic E-state index is 10.5. The van der Waals surface area contributed by atoms with Crippen molar-refractivity contribution in [1.82, 2.24) is 0 Å². The molecule has 0 fully saturated rings. The molecule has 0 saturated heterocycles. The minimum absolute atomic E-state index is 0.152. The molecule has 2 aromatic carbocycles.